The highest BCUT2D eigenvalue weighted by atomic mass is 35.5. The normalized spacial score (nSPS) is 32.0. The number of amides is 3. The first-order valence-electron chi connectivity index (χ1n) is 14.9. The number of hydrogen-bond donors (Lipinski definition) is 2. The van der Waals surface area contributed by atoms with E-state index in [0.29, 0.717) is 22.3 Å². The van der Waals surface area contributed by atoms with E-state index in [1.165, 1.54) is 6.42 Å². The maximum atomic E-state index is 14.2. The van der Waals surface area contributed by atoms with E-state index in [1.807, 2.05) is 12.2 Å². The Labute approximate surface area is 251 Å². The topological polar surface area (TPSA) is 94.2 Å². The molecule has 9 nitrogen and oxygen atoms in total. The van der Waals surface area contributed by atoms with Crippen LogP contribution in [-0.4, -0.2) is 103 Å². The Kier molecular flexibility index (Phi) is 8.35. The van der Waals surface area contributed by atoms with E-state index < -0.39 is 29.6 Å². The number of fused-ring (bicyclic) bond motifs is 1. The predicted octanol–water partition coefficient (Wildman–Crippen LogP) is 3.17. The molecule has 3 saturated heterocycles. The molecule has 1 spiro atoms. The molecule has 4 aliphatic heterocycles. The second-order valence-electron chi connectivity index (χ2n) is 12.2. The Morgan fingerprint density at radius 3 is 2.41 bits per heavy atom. The van der Waals surface area contributed by atoms with Crippen LogP contribution >= 0.6 is 23.2 Å². The van der Waals surface area contributed by atoms with Crippen molar-refractivity contribution in [1.82, 2.24) is 20.0 Å². The highest BCUT2D eigenvalue weighted by Crippen LogP contribution is 2.55. The van der Waals surface area contributed by atoms with E-state index in [9.17, 15) is 14.4 Å². The summed E-state index contributed by atoms with van der Waals surface area (Å²) in [5.41, 5.74) is -0.711. The second kappa shape index (κ2) is 11.8. The molecule has 1 saturated carbocycles. The van der Waals surface area contributed by atoms with Gasteiger partial charge in [-0.05, 0) is 51.1 Å². The number of hydrogen-bond acceptors (Lipinski definition) is 6. The summed E-state index contributed by atoms with van der Waals surface area (Å²) < 4.78 is 6.47. The second-order valence-corrected chi connectivity index (χ2v) is 13.1. The van der Waals surface area contributed by atoms with Gasteiger partial charge in [-0.1, -0.05) is 54.6 Å². The average molecular weight is 605 g/mol. The molecular formula is C30H39Cl2N5O4. The molecule has 5 aliphatic rings. The maximum Gasteiger partial charge on any atom is 0.246 e. The Morgan fingerprint density at radius 1 is 1.00 bits per heavy atom. The Morgan fingerprint density at radius 2 is 1.71 bits per heavy atom. The molecule has 6 rings (SSSR count). The Hall–Kier alpha value is -2.17. The molecule has 0 unspecified atom stereocenters. The number of likely N-dealkylation sites (N-methyl/N-ethyl adjacent to an activating group) is 1. The number of carbonyl (C=O) groups is 3. The minimum atomic E-state index is -1.16. The summed E-state index contributed by atoms with van der Waals surface area (Å²) in [6.45, 7) is 5.32. The first-order chi connectivity index (χ1) is 19.7. The molecule has 222 valence electrons. The van der Waals surface area contributed by atoms with E-state index in [1.54, 1.807) is 23.1 Å². The summed E-state index contributed by atoms with van der Waals surface area (Å²) in [6.07, 6.45) is 9.11. The lowest BCUT2D eigenvalue weighted by atomic mass is 9.74. The molecule has 2 bridgehead atoms. The van der Waals surface area contributed by atoms with Crippen LogP contribution in [0.5, 0.6) is 0 Å². The summed E-state index contributed by atoms with van der Waals surface area (Å²) in [5, 5.41) is 6.94. The van der Waals surface area contributed by atoms with Gasteiger partial charge >= 0.3 is 0 Å². The van der Waals surface area contributed by atoms with E-state index in [2.05, 4.69) is 27.5 Å². The number of benzene rings is 1. The number of ether oxygens (including phenoxy) is 1. The maximum absolute atomic E-state index is 14.2. The zero-order chi connectivity index (χ0) is 28.7. The highest BCUT2D eigenvalue weighted by Gasteiger charge is 2.72. The fourth-order valence-corrected chi connectivity index (χ4v) is 7.95. The van der Waals surface area contributed by atoms with Crippen LogP contribution in [0.15, 0.2) is 30.4 Å². The number of carbonyl (C=O) groups excluding carboxylic acids is 3. The molecule has 4 fully saturated rings. The summed E-state index contributed by atoms with van der Waals surface area (Å²) in [5.74, 6) is -2.26. The smallest absolute Gasteiger partial charge is 0.246 e. The summed E-state index contributed by atoms with van der Waals surface area (Å²) in [6, 6.07) is 4.11. The van der Waals surface area contributed by atoms with Crippen LogP contribution in [0.3, 0.4) is 0 Å². The van der Waals surface area contributed by atoms with E-state index in [0.717, 1.165) is 64.8 Å². The van der Waals surface area contributed by atoms with E-state index in [4.69, 9.17) is 27.9 Å². The van der Waals surface area contributed by atoms with E-state index >= 15 is 0 Å². The van der Waals surface area contributed by atoms with Crippen molar-refractivity contribution in [3.05, 3.63) is 40.4 Å². The molecular weight excluding hydrogens is 565 g/mol. The lowest BCUT2D eigenvalue weighted by molar-refractivity contribution is -0.141. The van der Waals surface area contributed by atoms with Crippen molar-refractivity contribution < 1.29 is 19.1 Å². The zero-order valence-electron chi connectivity index (χ0n) is 23.5. The Bertz CT molecular complexity index is 1200. The number of piperazine rings is 1. The minimum Gasteiger partial charge on any atom is -0.359 e. The molecule has 11 heteroatoms. The molecule has 4 heterocycles. The van der Waals surface area contributed by atoms with Gasteiger partial charge in [-0.25, -0.2) is 0 Å². The highest BCUT2D eigenvalue weighted by molar-refractivity contribution is 6.35. The van der Waals surface area contributed by atoms with Crippen molar-refractivity contribution in [2.24, 2.45) is 11.8 Å². The van der Waals surface area contributed by atoms with Crippen LogP contribution in [0.4, 0.5) is 5.69 Å². The van der Waals surface area contributed by atoms with Crippen LogP contribution in [0, 0.1) is 11.8 Å². The molecule has 1 aliphatic carbocycles. The predicted molar refractivity (Wildman–Crippen MR) is 158 cm³/mol. The monoisotopic (exact) mass is 603 g/mol. The minimum absolute atomic E-state index is 0.100. The molecule has 2 N–H and O–H groups in total. The van der Waals surface area contributed by atoms with Gasteiger partial charge < -0.3 is 30.1 Å². The third-order valence-corrected chi connectivity index (χ3v) is 9.91. The number of nitrogens with zero attached hydrogens (tertiary/aromatic N) is 3. The van der Waals surface area contributed by atoms with Crippen LogP contribution in [-0.2, 0) is 19.1 Å². The van der Waals surface area contributed by atoms with Gasteiger partial charge in [0.1, 0.15) is 11.6 Å². The van der Waals surface area contributed by atoms with Crippen molar-refractivity contribution >= 4 is 46.6 Å². The number of halogens is 2. The third-order valence-electron chi connectivity index (χ3n) is 9.48. The largest absolute Gasteiger partial charge is 0.359 e. The Balaban J connectivity index is 1.23. The van der Waals surface area contributed by atoms with Crippen LogP contribution in [0.25, 0.3) is 0 Å². The van der Waals surface area contributed by atoms with Crippen molar-refractivity contribution in [2.45, 2.75) is 62.3 Å². The molecule has 1 aromatic carbocycles. The van der Waals surface area contributed by atoms with Crippen LogP contribution in [0.2, 0.25) is 10.0 Å². The zero-order valence-corrected chi connectivity index (χ0v) is 25.0. The number of nitrogens with one attached hydrogen (secondary N) is 2. The quantitative estimate of drug-likeness (QED) is 0.443. The number of anilines is 1. The lowest BCUT2D eigenvalue weighted by Gasteiger charge is -2.35. The first-order valence-corrected chi connectivity index (χ1v) is 15.7. The van der Waals surface area contributed by atoms with Crippen LogP contribution < -0.4 is 10.6 Å². The van der Waals surface area contributed by atoms with Gasteiger partial charge in [-0.15, -0.1) is 0 Å². The fraction of sp³-hybridized carbons (Fsp3) is 0.633. The van der Waals surface area contributed by atoms with E-state index in [-0.39, 0.29) is 23.8 Å². The molecule has 3 amide bonds. The van der Waals surface area contributed by atoms with Gasteiger partial charge in [0.25, 0.3) is 0 Å². The summed E-state index contributed by atoms with van der Waals surface area (Å²) in [7, 11) is 2.13. The van der Waals surface area contributed by atoms with Gasteiger partial charge in [-0.2, -0.15) is 0 Å². The SMILES string of the molecule is CN1CCN(CCCN2C(=O)[C@@H]3[C@H](C(=O)Nc4cc(Cl)cc(Cl)c4)[C@@H]4C=C[C@@]3(O4)[C@@H]2C(=O)NC2CCCCC2)CC1. The molecule has 0 aromatic heterocycles. The fourth-order valence-electron chi connectivity index (χ4n) is 7.42. The van der Waals surface area contributed by atoms with Gasteiger partial charge in [0.15, 0.2) is 0 Å². The van der Waals surface area contributed by atoms with Crippen molar-refractivity contribution in [3.8, 4) is 0 Å². The standard InChI is InChI=1S/C30H39Cl2N5O4/c1-35-12-14-36(15-13-35)10-5-11-37-26(28(39)33-21-6-3-2-4-7-21)30-9-8-23(41-30)24(25(30)29(37)40)27(38)34-22-17-19(31)16-20(32)18-22/h8-9,16-18,21,23-26H,2-7,10-15H2,1H3,(H,33,39)(H,34,38)/t23-,24+,25-,26-,30-/m0/s1. The molecule has 5 atom stereocenters. The third kappa shape index (κ3) is 5.64. The number of rotatable bonds is 8. The van der Waals surface area contributed by atoms with Gasteiger partial charge in [0.2, 0.25) is 17.7 Å². The first kappa shape index (κ1) is 28.9. The number of likely N-dealkylation sites (tertiary alicyclic amines) is 1. The van der Waals surface area contributed by atoms with Gasteiger partial charge in [0, 0.05) is 54.5 Å². The molecule has 1 aromatic rings. The van der Waals surface area contributed by atoms with Crippen molar-refractivity contribution in [2.75, 3.05) is 51.6 Å². The average Bonchev–Trinajstić information content (AvgIpc) is 3.57. The lowest BCUT2D eigenvalue weighted by Crippen LogP contribution is -2.56. The van der Waals surface area contributed by atoms with Gasteiger partial charge in [0.05, 0.1) is 17.9 Å². The van der Waals surface area contributed by atoms with Crippen molar-refractivity contribution in [1.29, 1.82) is 0 Å². The van der Waals surface area contributed by atoms with Crippen molar-refractivity contribution in [3.63, 3.8) is 0 Å². The van der Waals surface area contributed by atoms with Crippen LogP contribution in [0.1, 0.15) is 38.5 Å². The molecule has 0 radical (unpaired) electrons. The molecule has 41 heavy (non-hydrogen) atoms. The summed E-state index contributed by atoms with van der Waals surface area (Å²) in [4.78, 5) is 48.2. The summed E-state index contributed by atoms with van der Waals surface area (Å²) >= 11 is 12.3. The van der Waals surface area contributed by atoms with Gasteiger partial charge in [-0.3, -0.25) is 14.4 Å².